The summed E-state index contributed by atoms with van der Waals surface area (Å²) in [7, 11) is -4.53. The van der Waals surface area contributed by atoms with E-state index < -0.39 is 20.8 Å². The number of rotatable bonds is 8. The smallest absolute Gasteiger partial charge is 0.279 e. The van der Waals surface area contributed by atoms with Crippen molar-refractivity contribution in [1.82, 2.24) is 20.3 Å². The fourth-order valence-corrected chi connectivity index (χ4v) is 3.96. The number of carbonyl (C=O) groups is 1. The van der Waals surface area contributed by atoms with Crippen LogP contribution in [0, 0.1) is 0 Å². The van der Waals surface area contributed by atoms with Crippen molar-refractivity contribution < 1.29 is 17.8 Å². The molecule has 0 bridgehead atoms. The first kappa shape index (κ1) is 20.5. The van der Waals surface area contributed by atoms with Crippen LogP contribution in [0.15, 0.2) is 34.9 Å². The van der Waals surface area contributed by atoms with E-state index in [0.717, 1.165) is 10.0 Å². The molecule has 1 heterocycles. The molecule has 0 saturated heterocycles. The Hall–Kier alpha value is -1.78. The standard InChI is InChI=1S/C16H21BrN4O4S/c1-3-16(4-2,26(23,24)25)15(22)18-9-14-11-21(20-19-14)10-12-5-7-13(17)8-6-12/h5-8,11H,3-4,9-10H2,1-2H3,(H,18,22)(H,23,24,25). The zero-order chi connectivity index (χ0) is 19.4. The molecule has 142 valence electrons. The highest BCUT2D eigenvalue weighted by atomic mass is 79.9. The zero-order valence-corrected chi connectivity index (χ0v) is 16.9. The Balaban J connectivity index is 2.03. The first-order chi connectivity index (χ1) is 12.2. The molecule has 0 saturated carbocycles. The lowest BCUT2D eigenvalue weighted by molar-refractivity contribution is -0.124. The van der Waals surface area contributed by atoms with Crippen LogP contribution in [0.2, 0.25) is 0 Å². The normalized spacial score (nSPS) is 12.2. The minimum atomic E-state index is -4.53. The van der Waals surface area contributed by atoms with Gasteiger partial charge in [0.1, 0.15) is 5.69 Å². The van der Waals surface area contributed by atoms with Crippen LogP contribution in [0.1, 0.15) is 37.9 Å². The SMILES string of the molecule is CCC(CC)(C(=O)NCc1cn(Cc2ccc(Br)cc2)nn1)S(=O)(=O)O. The van der Waals surface area contributed by atoms with Gasteiger partial charge in [0.15, 0.2) is 4.75 Å². The van der Waals surface area contributed by atoms with Crippen molar-refractivity contribution >= 4 is 32.0 Å². The Labute approximate surface area is 160 Å². The van der Waals surface area contributed by atoms with Crippen LogP contribution in [0.3, 0.4) is 0 Å². The second kappa shape index (κ2) is 8.28. The summed E-state index contributed by atoms with van der Waals surface area (Å²) in [5.74, 6) is -0.743. The van der Waals surface area contributed by atoms with Crippen LogP contribution >= 0.6 is 15.9 Å². The van der Waals surface area contributed by atoms with Gasteiger partial charge in [-0.15, -0.1) is 5.10 Å². The number of nitrogens with zero attached hydrogens (tertiary/aromatic N) is 3. The molecule has 0 atom stereocenters. The van der Waals surface area contributed by atoms with Crippen LogP contribution in [-0.4, -0.2) is 38.6 Å². The number of carbonyl (C=O) groups excluding carboxylic acids is 1. The maximum Gasteiger partial charge on any atom is 0.279 e. The lowest BCUT2D eigenvalue weighted by Crippen LogP contribution is -2.51. The van der Waals surface area contributed by atoms with Crippen LogP contribution < -0.4 is 5.32 Å². The average Bonchev–Trinajstić information content (AvgIpc) is 3.03. The lowest BCUT2D eigenvalue weighted by Gasteiger charge is -2.26. The van der Waals surface area contributed by atoms with Crippen molar-refractivity contribution in [3.63, 3.8) is 0 Å². The zero-order valence-electron chi connectivity index (χ0n) is 14.5. The van der Waals surface area contributed by atoms with Crippen molar-refractivity contribution in [2.75, 3.05) is 0 Å². The number of amides is 1. The first-order valence-electron chi connectivity index (χ1n) is 8.10. The van der Waals surface area contributed by atoms with Crippen molar-refractivity contribution in [2.45, 2.75) is 44.5 Å². The summed E-state index contributed by atoms with van der Waals surface area (Å²) in [5.41, 5.74) is 1.53. The summed E-state index contributed by atoms with van der Waals surface area (Å²) >= 11 is 3.38. The molecule has 10 heteroatoms. The number of nitrogens with one attached hydrogen (secondary N) is 1. The van der Waals surface area contributed by atoms with Gasteiger partial charge >= 0.3 is 0 Å². The summed E-state index contributed by atoms with van der Waals surface area (Å²) < 4.78 is 33.5. The molecule has 2 rings (SSSR count). The quantitative estimate of drug-likeness (QED) is 0.602. The van der Waals surface area contributed by atoms with E-state index in [2.05, 4.69) is 31.6 Å². The average molecular weight is 445 g/mol. The Bertz CT molecular complexity index is 861. The van der Waals surface area contributed by atoms with E-state index in [-0.39, 0.29) is 19.4 Å². The predicted molar refractivity (Wildman–Crippen MR) is 100.0 cm³/mol. The molecule has 2 N–H and O–H groups in total. The van der Waals surface area contributed by atoms with E-state index in [1.165, 1.54) is 0 Å². The van der Waals surface area contributed by atoms with Crippen molar-refractivity contribution in [3.05, 3.63) is 46.2 Å². The largest absolute Gasteiger partial charge is 0.349 e. The number of benzene rings is 1. The van der Waals surface area contributed by atoms with Gasteiger partial charge in [0.2, 0.25) is 5.91 Å². The van der Waals surface area contributed by atoms with Gasteiger partial charge in [0.05, 0.1) is 19.3 Å². The third-order valence-electron chi connectivity index (χ3n) is 4.32. The van der Waals surface area contributed by atoms with Crippen molar-refractivity contribution in [2.24, 2.45) is 0 Å². The monoisotopic (exact) mass is 444 g/mol. The summed E-state index contributed by atoms with van der Waals surface area (Å²) in [5, 5.41) is 10.5. The highest BCUT2D eigenvalue weighted by Crippen LogP contribution is 2.25. The summed E-state index contributed by atoms with van der Waals surface area (Å²) in [6.07, 6.45) is 1.63. The Morgan fingerprint density at radius 1 is 1.27 bits per heavy atom. The molecule has 0 fully saturated rings. The van der Waals surface area contributed by atoms with Crippen molar-refractivity contribution in [3.8, 4) is 0 Å². The van der Waals surface area contributed by atoms with Gasteiger partial charge in [0, 0.05) is 4.47 Å². The molecule has 0 spiro atoms. The van der Waals surface area contributed by atoms with E-state index in [4.69, 9.17) is 0 Å². The van der Waals surface area contributed by atoms with Gasteiger partial charge in [-0.1, -0.05) is 47.1 Å². The van der Waals surface area contributed by atoms with E-state index >= 15 is 0 Å². The summed E-state index contributed by atoms with van der Waals surface area (Å²) in [6, 6.07) is 7.77. The molecule has 0 unspecified atom stereocenters. The molecule has 2 aromatic rings. The molecule has 0 aliphatic heterocycles. The third kappa shape index (κ3) is 4.49. The second-order valence-electron chi connectivity index (χ2n) is 5.89. The van der Waals surface area contributed by atoms with Gasteiger partial charge in [-0.05, 0) is 30.5 Å². The molecule has 8 nitrogen and oxygen atoms in total. The van der Waals surface area contributed by atoms with E-state index in [1.807, 2.05) is 24.3 Å². The fourth-order valence-electron chi connectivity index (χ4n) is 2.66. The Morgan fingerprint density at radius 3 is 2.42 bits per heavy atom. The highest BCUT2D eigenvalue weighted by molar-refractivity contribution is 9.10. The number of aromatic nitrogens is 3. The molecule has 1 amide bonds. The number of hydrogen-bond acceptors (Lipinski definition) is 5. The minimum absolute atomic E-state index is 0.0234. The number of hydrogen-bond donors (Lipinski definition) is 2. The Kier molecular flexibility index (Phi) is 6.53. The van der Waals surface area contributed by atoms with Crippen LogP contribution in [-0.2, 0) is 28.0 Å². The van der Waals surface area contributed by atoms with Gasteiger partial charge in [0.25, 0.3) is 10.1 Å². The van der Waals surface area contributed by atoms with Crippen molar-refractivity contribution in [1.29, 1.82) is 0 Å². The molecule has 26 heavy (non-hydrogen) atoms. The predicted octanol–water partition coefficient (Wildman–Crippen LogP) is 2.15. The third-order valence-corrected chi connectivity index (χ3v) is 6.60. The van der Waals surface area contributed by atoms with Gasteiger partial charge in [-0.25, -0.2) is 4.68 Å². The van der Waals surface area contributed by atoms with Gasteiger partial charge < -0.3 is 5.32 Å². The molecular formula is C16H21BrN4O4S. The second-order valence-corrected chi connectivity index (χ2v) is 8.54. The maximum atomic E-state index is 12.4. The molecule has 1 aromatic heterocycles. The lowest BCUT2D eigenvalue weighted by atomic mass is 10.0. The van der Waals surface area contributed by atoms with Crippen LogP contribution in [0.5, 0.6) is 0 Å². The molecule has 0 aliphatic carbocycles. The molecule has 0 radical (unpaired) electrons. The minimum Gasteiger partial charge on any atom is -0.349 e. The molecular weight excluding hydrogens is 424 g/mol. The van der Waals surface area contributed by atoms with E-state index in [0.29, 0.717) is 12.2 Å². The van der Waals surface area contributed by atoms with E-state index in [1.54, 1.807) is 24.7 Å². The first-order valence-corrected chi connectivity index (χ1v) is 10.3. The summed E-state index contributed by atoms with van der Waals surface area (Å²) in [4.78, 5) is 12.4. The van der Waals surface area contributed by atoms with E-state index in [9.17, 15) is 17.8 Å². The fraction of sp³-hybridized carbons (Fsp3) is 0.438. The topological polar surface area (TPSA) is 114 Å². The van der Waals surface area contributed by atoms with Gasteiger partial charge in [-0.3, -0.25) is 9.35 Å². The molecule has 1 aromatic carbocycles. The molecule has 0 aliphatic rings. The highest BCUT2D eigenvalue weighted by Gasteiger charge is 2.46. The van der Waals surface area contributed by atoms with Gasteiger partial charge in [-0.2, -0.15) is 8.42 Å². The summed E-state index contributed by atoms with van der Waals surface area (Å²) in [6.45, 7) is 3.64. The van der Waals surface area contributed by atoms with Crippen LogP contribution in [0.25, 0.3) is 0 Å². The van der Waals surface area contributed by atoms with Crippen LogP contribution in [0.4, 0.5) is 0 Å². The maximum absolute atomic E-state index is 12.4. The number of halogens is 1. The Morgan fingerprint density at radius 2 is 1.88 bits per heavy atom.